The van der Waals surface area contributed by atoms with Crippen LogP contribution in [0.5, 0.6) is 0 Å². The monoisotopic (exact) mass is 186 g/mol. The number of rotatable bonds is 2. The largest absolute Gasteiger partial charge is 0.481 e. The summed E-state index contributed by atoms with van der Waals surface area (Å²) in [5.41, 5.74) is 0. The van der Waals surface area contributed by atoms with Crippen LogP contribution in [0.3, 0.4) is 0 Å². The van der Waals surface area contributed by atoms with Gasteiger partial charge >= 0.3 is 5.97 Å². The van der Waals surface area contributed by atoms with Crippen molar-refractivity contribution in [3.63, 3.8) is 0 Å². The number of hydrogen-bond donors (Lipinski definition) is 1. The highest BCUT2D eigenvalue weighted by Crippen LogP contribution is 2.35. The topological polar surface area (TPSA) is 46.5 Å². The van der Waals surface area contributed by atoms with Gasteiger partial charge in [0.25, 0.3) is 0 Å². The van der Waals surface area contributed by atoms with Crippen LogP contribution in [0.15, 0.2) is 0 Å². The maximum atomic E-state index is 10.9. The molecule has 0 saturated heterocycles. The van der Waals surface area contributed by atoms with Gasteiger partial charge in [-0.1, -0.05) is 13.8 Å². The van der Waals surface area contributed by atoms with Crippen molar-refractivity contribution in [1.29, 1.82) is 0 Å². The second kappa shape index (κ2) is 4.09. The lowest BCUT2D eigenvalue weighted by atomic mass is 9.72. The zero-order valence-corrected chi connectivity index (χ0v) is 8.49. The number of methoxy groups -OCH3 is 1. The van der Waals surface area contributed by atoms with E-state index in [0.717, 1.165) is 12.8 Å². The van der Waals surface area contributed by atoms with Crippen LogP contribution in [0.2, 0.25) is 0 Å². The lowest BCUT2D eigenvalue weighted by molar-refractivity contribution is -0.148. The fourth-order valence-corrected chi connectivity index (χ4v) is 2.26. The van der Waals surface area contributed by atoms with Gasteiger partial charge in [0.05, 0.1) is 12.0 Å². The summed E-state index contributed by atoms with van der Waals surface area (Å²) in [6, 6.07) is 0. The van der Waals surface area contributed by atoms with Crippen LogP contribution in [0, 0.1) is 17.8 Å². The summed E-state index contributed by atoms with van der Waals surface area (Å²) in [6.45, 7) is 4.09. The molecule has 0 unspecified atom stereocenters. The molecule has 0 radical (unpaired) electrons. The number of hydrogen-bond acceptors (Lipinski definition) is 2. The summed E-state index contributed by atoms with van der Waals surface area (Å²) < 4.78 is 5.31. The van der Waals surface area contributed by atoms with Crippen molar-refractivity contribution < 1.29 is 14.6 Å². The number of carboxylic acids is 1. The SMILES string of the molecule is CO[C@@H]1CC[C@@H](C(=O)O)[C@H](C)[C@@H]1C. The Morgan fingerprint density at radius 2 is 1.92 bits per heavy atom. The number of carbonyl (C=O) groups is 1. The minimum atomic E-state index is -0.658. The molecule has 0 bridgehead atoms. The summed E-state index contributed by atoms with van der Waals surface area (Å²) in [5.74, 6) is -0.272. The van der Waals surface area contributed by atoms with E-state index in [4.69, 9.17) is 9.84 Å². The number of carboxylic acid groups (broad SMARTS) is 1. The van der Waals surface area contributed by atoms with Gasteiger partial charge in [0.15, 0.2) is 0 Å². The lowest BCUT2D eigenvalue weighted by Crippen LogP contribution is -2.39. The van der Waals surface area contributed by atoms with E-state index in [2.05, 4.69) is 6.92 Å². The molecular weight excluding hydrogens is 168 g/mol. The average molecular weight is 186 g/mol. The summed E-state index contributed by atoms with van der Waals surface area (Å²) in [4.78, 5) is 10.9. The minimum absolute atomic E-state index is 0.179. The molecule has 0 aliphatic heterocycles. The molecule has 1 N–H and O–H groups in total. The molecule has 1 fully saturated rings. The zero-order valence-electron chi connectivity index (χ0n) is 8.49. The van der Waals surface area contributed by atoms with Gasteiger partial charge in [-0.15, -0.1) is 0 Å². The summed E-state index contributed by atoms with van der Waals surface area (Å²) in [7, 11) is 1.70. The number of ether oxygens (including phenoxy) is 1. The Hall–Kier alpha value is -0.570. The van der Waals surface area contributed by atoms with Crippen molar-refractivity contribution in [2.24, 2.45) is 17.8 Å². The highest BCUT2D eigenvalue weighted by Gasteiger charge is 2.37. The third-order valence-electron chi connectivity index (χ3n) is 3.43. The first-order valence-corrected chi connectivity index (χ1v) is 4.83. The summed E-state index contributed by atoms with van der Waals surface area (Å²) in [6.07, 6.45) is 1.86. The molecule has 76 valence electrons. The van der Waals surface area contributed by atoms with Gasteiger partial charge in [-0.25, -0.2) is 0 Å². The zero-order chi connectivity index (χ0) is 10.0. The van der Waals surface area contributed by atoms with Crippen LogP contribution in [-0.4, -0.2) is 24.3 Å². The Morgan fingerprint density at radius 1 is 1.31 bits per heavy atom. The Bertz CT molecular complexity index is 191. The normalized spacial score (nSPS) is 40.2. The molecule has 0 aromatic carbocycles. The molecule has 13 heavy (non-hydrogen) atoms. The number of aliphatic carboxylic acids is 1. The van der Waals surface area contributed by atoms with E-state index < -0.39 is 5.97 Å². The van der Waals surface area contributed by atoms with Crippen molar-refractivity contribution in [3.8, 4) is 0 Å². The molecule has 1 aliphatic rings. The first kappa shape index (κ1) is 10.5. The quantitative estimate of drug-likeness (QED) is 0.715. The first-order valence-electron chi connectivity index (χ1n) is 4.83. The summed E-state index contributed by atoms with van der Waals surface area (Å²) >= 11 is 0. The van der Waals surface area contributed by atoms with Crippen LogP contribution >= 0.6 is 0 Å². The highest BCUT2D eigenvalue weighted by atomic mass is 16.5. The summed E-state index contributed by atoms with van der Waals surface area (Å²) in [5, 5.41) is 8.94. The van der Waals surface area contributed by atoms with Crippen LogP contribution < -0.4 is 0 Å². The van der Waals surface area contributed by atoms with Crippen molar-refractivity contribution >= 4 is 5.97 Å². The molecule has 4 atom stereocenters. The van der Waals surface area contributed by atoms with Crippen LogP contribution in [0.4, 0.5) is 0 Å². The van der Waals surface area contributed by atoms with Gasteiger partial charge < -0.3 is 9.84 Å². The Kier molecular flexibility index (Phi) is 3.31. The first-order chi connectivity index (χ1) is 6.07. The molecular formula is C10H18O3. The highest BCUT2D eigenvalue weighted by molar-refractivity contribution is 5.70. The van der Waals surface area contributed by atoms with Gasteiger partial charge in [0, 0.05) is 7.11 Å². The maximum absolute atomic E-state index is 10.9. The van der Waals surface area contributed by atoms with Crippen LogP contribution in [0.25, 0.3) is 0 Å². The second-order valence-corrected chi connectivity index (χ2v) is 4.01. The molecule has 3 nitrogen and oxygen atoms in total. The molecule has 1 rings (SSSR count). The Balaban J connectivity index is 2.64. The van der Waals surface area contributed by atoms with E-state index in [-0.39, 0.29) is 17.9 Å². The van der Waals surface area contributed by atoms with Crippen LogP contribution in [0.1, 0.15) is 26.7 Å². The predicted molar refractivity (Wildman–Crippen MR) is 49.5 cm³/mol. The van der Waals surface area contributed by atoms with Gasteiger partial charge in [0.1, 0.15) is 0 Å². The minimum Gasteiger partial charge on any atom is -0.481 e. The van der Waals surface area contributed by atoms with Gasteiger partial charge in [0.2, 0.25) is 0 Å². The molecule has 0 aromatic heterocycles. The average Bonchev–Trinajstić information content (AvgIpc) is 2.09. The third-order valence-corrected chi connectivity index (χ3v) is 3.43. The van der Waals surface area contributed by atoms with E-state index >= 15 is 0 Å². The molecule has 3 heteroatoms. The van der Waals surface area contributed by atoms with Crippen molar-refractivity contribution in [2.45, 2.75) is 32.8 Å². The van der Waals surface area contributed by atoms with Crippen LogP contribution in [-0.2, 0) is 9.53 Å². The predicted octanol–water partition coefficient (Wildman–Crippen LogP) is 1.77. The van der Waals surface area contributed by atoms with E-state index in [0.29, 0.717) is 5.92 Å². The lowest BCUT2D eigenvalue weighted by Gasteiger charge is -2.37. The van der Waals surface area contributed by atoms with Gasteiger partial charge in [-0.2, -0.15) is 0 Å². The molecule has 1 saturated carbocycles. The molecule has 0 spiro atoms. The van der Waals surface area contributed by atoms with E-state index in [1.165, 1.54) is 0 Å². The molecule has 0 amide bonds. The van der Waals surface area contributed by atoms with Gasteiger partial charge in [-0.3, -0.25) is 4.79 Å². The van der Waals surface area contributed by atoms with Crippen molar-refractivity contribution in [1.82, 2.24) is 0 Å². The molecule has 1 aliphatic carbocycles. The van der Waals surface area contributed by atoms with Crippen molar-refractivity contribution in [3.05, 3.63) is 0 Å². The fraction of sp³-hybridized carbons (Fsp3) is 0.900. The Labute approximate surface area is 79.1 Å². The van der Waals surface area contributed by atoms with E-state index in [1.54, 1.807) is 7.11 Å². The van der Waals surface area contributed by atoms with E-state index in [9.17, 15) is 4.79 Å². The van der Waals surface area contributed by atoms with E-state index in [1.807, 2.05) is 6.92 Å². The molecule has 0 aromatic rings. The maximum Gasteiger partial charge on any atom is 0.306 e. The Morgan fingerprint density at radius 3 is 2.38 bits per heavy atom. The molecule has 0 heterocycles. The standard InChI is InChI=1S/C10H18O3/c1-6-7(2)9(13-3)5-4-8(6)10(11)12/h6-9H,4-5H2,1-3H3,(H,11,12)/t6-,7+,8-,9-/m1/s1. The third kappa shape index (κ3) is 2.02. The fourth-order valence-electron chi connectivity index (χ4n) is 2.26. The smallest absolute Gasteiger partial charge is 0.306 e. The van der Waals surface area contributed by atoms with Gasteiger partial charge in [-0.05, 0) is 24.7 Å². The second-order valence-electron chi connectivity index (χ2n) is 4.01. The van der Waals surface area contributed by atoms with Crippen molar-refractivity contribution in [2.75, 3.05) is 7.11 Å².